The van der Waals surface area contributed by atoms with E-state index in [2.05, 4.69) is 32.1 Å². The van der Waals surface area contributed by atoms with Crippen molar-refractivity contribution in [1.29, 1.82) is 0 Å². The normalized spacial score (nSPS) is 40.2. The van der Waals surface area contributed by atoms with Gasteiger partial charge in [0.2, 0.25) is 0 Å². The SMILES string of the molecule is CCCC(=O)OCC(=NN(C)C)[C@@]12OC(C3CCCCC3)O[C@@H]1C[C@H]1[C@@H]3CCC4=CC(=Nc5coc(C)c5)C=C[C@]4(C)[C@H]3[C@@H](O)C[C@@]12C. The molecule has 9 atom stereocenters. The van der Waals surface area contributed by atoms with Gasteiger partial charge >= 0.3 is 5.97 Å². The maximum absolute atomic E-state index is 12.7. The third-order valence-electron chi connectivity index (χ3n) is 12.9. The summed E-state index contributed by atoms with van der Waals surface area (Å²) in [4.78, 5) is 17.6. The van der Waals surface area contributed by atoms with E-state index in [0.29, 0.717) is 24.5 Å². The molecule has 1 saturated heterocycles. The predicted octanol–water partition coefficient (Wildman–Crippen LogP) is 7.30. The molecule has 1 aromatic heterocycles. The quantitative estimate of drug-likeness (QED) is 0.177. The van der Waals surface area contributed by atoms with Gasteiger partial charge in [-0.2, -0.15) is 5.10 Å². The van der Waals surface area contributed by atoms with Crippen molar-refractivity contribution in [2.45, 2.75) is 122 Å². The Kier molecular flexibility index (Phi) is 9.03. The number of aryl methyl sites for hydroxylation is 1. The summed E-state index contributed by atoms with van der Waals surface area (Å²) in [6.45, 7) is 8.59. The van der Waals surface area contributed by atoms with Gasteiger partial charge < -0.3 is 28.7 Å². The molecule has 7 rings (SSSR count). The highest BCUT2D eigenvalue weighted by molar-refractivity contribution is 6.07. The molecule has 9 heteroatoms. The number of hydrazone groups is 1. The minimum atomic E-state index is -0.898. The Labute approximate surface area is 285 Å². The largest absolute Gasteiger partial charge is 0.467 e. The molecule has 4 saturated carbocycles. The van der Waals surface area contributed by atoms with E-state index < -0.39 is 17.1 Å². The van der Waals surface area contributed by atoms with E-state index in [4.69, 9.17) is 28.7 Å². The smallest absolute Gasteiger partial charge is 0.306 e. The first-order valence-corrected chi connectivity index (χ1v) is 18.4. The topological polar surface area (TPSA) is 106 Å². The summed E-state index contributed by atoms with van der Waals surface area (Å²) >= 11 is 0. The van der Waals surface area contributed by atoms with E-state index in [0.717, 1.165) is 55.7 Å². The van der Waals surface area contributed by atoms with Crippen molar-refractivity contribution in [3.05, 3.63) is 41.9 Å². The van der Waals surface area contributed by atoms with Gasteiger partial charge in [0, 0.05) is 49.2 Å². The van der Waals surface area contributed by atoms with E-state index in [1.54, 1.807) is 11.3 Å². The van der Waals surface area contributed by atoms with Gasteiger partial charge in [-0.05, 0) is 75.9 Å². The number of carbonyl (C=O) groups excluding carboxylic acids is 1. The number of furan rings is 1. The molecule has 0 bridgehead atoms. The van der Waals surface area contributed by atoms with Crippen LogP contribution in [0.3, 0.4) is 0 Å². The second-order valence-electron chi connectivity index (χ2n) is 16.0. The maximum atomic E-state index is 12.7. The minimum Gasteiger partial charge on any atom is -0.467 e. The molecule has 0 spiro atoms. The van der Waals surface area contributed by atoms with Crippen LogP contribution >= 0.6 is 0 Å². The Bertz CT molecular complexity index is 1500. The van der Waals surface area contributed by atoms with E-state index in [9.17, 15) is 9.90 Å². The molecule has 1 unspecified atom stereocenters. The van der Waals surface area contributed by atoms with E-state index >= 15 is 0 Å². The van der Waals surface area contributed by atoms with Crippen LogP contribution in [-0.4, -0.2) is 72.3 Å². The van der Waals surface area contributed by atoms with Crippen molar-refractivity contribution in [3.63, 3.8) is 0 Å². The number of hydrogen-bond donors (Lipinski definition) is 1. The lowest BCUT2D eigenvalue weighted by Gasteiger charge is -2.60. The summed E-state index contributed by atoms with van der Waals surface area (Å²) in [6.07, 6.45) is 17.5. The lowest BCUT2D eigenvalue weighted by molar-refractivity contribution is -0.190. The Hall–Kier alpha value is -2.75. The van der Waals surface area contributed by atoms with E-state index in [-0.39, 0.29) is 48.1 Å². The van der Waals surface area contributed by atoms with Crippen LogP contribution in [0.25, 0.3) is 0 Å². The Morgan fingerprint density at radius 3 is 2.67 bits per heavy atom. The summed E-state index contributed by atoms with van der Waals surface area (Å²) in [7, 11) is 3.82. The molecular weight excluding hydrogens is 606 g/mol. The third-order valence-corrected chi connectivity index (χ3v) is 12.9. The van der Waals surface area contributed by atoms with E-state index in [1.165, 1.54) is 24.8 Å². The molecule has 0 amide bonds. The van der Waals surface area contributed by atoms with Crippen molar-refractivity contribution in [2.24, 2.45) is 44.6 Å². The Morgan fingerprint density at radius 1 is 1.17 bits per heavy atom. The number of aliphatic hydroxyl groups excluding tert-OH is 1. The van der Waals surface area contributed by atoms with E-state index in [1.807, 2.05) is 34.0 Å². The highest BCUT2D eigenvalue weighted by atomic mass is 16.7. The first kappa shape index (κ1) is 33.7. The number of rotatable bonds is 8. The summed E-state index contributed by atoms with van der Waals surface area (Å²) in [6, 6.07) is 1.95. The summed E-state index contributed by atoms with van der Waals surface area (Å²) in [5.74, 6) is 1.53. The number of nitrogens with zero attached hydrogens (tertiary/aromatic N) is 3. The average Bonchev–Trinajstić information content (AvgIpc) is 3.71. The molecule has 0 radical (unpaired) electrons. The molecule has 1 aromatic rings. The average molecular weight is 662 g/mol. The van der Waals surface area contributed by atoms with Gasteiger partial charge in [-0.15, -0.1) is 0 Å². The molecule has 1 N–H and O–H groups in total. The fourth-order valence-electron chi connectivity index (χ4n) is 10.8. The molecule has 1 aliphatic heterocycles. The highest BCUT2D eigenvalue weighted by Crippen LogP contribution is 2.70. The van der Waals surface area contributed by atoms with Crippen LogP contribution in [0.1, 0.15) is 97.2 Å². The van der Waals surface area contributed by atoms with Crippen LogP contribution in [0.4, 0.5) is 5.69 Å². The predicted molar refractivity (Wildman–Crippen MR) is 185 cm³/mol. The Morgan fingerprint density at radius 2 is 1.96 bits per heavy atom. The van der Waals surface area contributed by atoms with Crippen LogP contribution in [0.2, 0.25) is 0 Å². The van der Waals surface area contributed by atoms with Crippen LogP contribution in [0.5, 0.6) is 0 Å². The van der Waals surface area contributed by atoms with Crippen LogP contribution < -0.4 is 0 Å². The lowest BCUT2D eigenvalue weighted by atomic mass is 9.46. The van der Waals surface area contributed by atoms with Crippen molar-refractivity contribution in [3.8, 4) is 0 Å². The first-order valence-electron chi connectivity index (χ1n) is 18.4. The third kappa shape index (κ3) is 5.52. The number of aliphatic hydroxyl groups is 1. The van der Waals surface area contributed by atoms with Gasteiger partial charge in [0.05, 0.1) is 17.9 Å². The van der Waals surface area contributed by atoms with Gasteiger partial charge in [0.25, 0.3) is 0 Å². The Balaban J connectivity index is 1.24. The van der Waals surface area contributed by atoms with Crippen LogP contribution in [0.15, 0.2) is 50.6 Å². The van der Waals surface area contributed by atoms with Gasteiger partial charge in [0.1, 0.15) is 35.6 Å². The zero-order valence-electron chi connectivity index (χ0n) is 29.7. The van der Waals surface area contributed by atoms with Crippen molar-refractivity contribution in [1.82, 2.24) is 5.01 Å². The van der Waals surface area contributed by atoms with Crippen LogP contribution in [-0.2, 0) is 19.0 Å². The fraction of sp³-hybridized carbons (Fsp3) is 0.718. The first-order chi connectivity index (χ1) is 23.0. The number of ether oxygens (including phenoxy) is 3. The highest BCUT2D eigenvalue weighted by Gasteiger charge is 2.75. The number of hydrogen-bond acceptors (Lipinski definition) is 9. The molecule has 262 valence electrons. The fourth-order valence-corrected chi connectivity index (χ4v) is 10.8. The summed E-state index contributed by atoms with van der Waals surface area (Å²) in [5, 5.41) is 19.2. The zero-order chi connectivity index (χ0) is 33.8. The van der Waals surface area contributed by atoms with Crippen molar-refractivity contribution >= 4 is 23.1 Å². The van der Waals surface area contributed by atoms with Gasteiger partial charge in [0.15, 0.2) is 6.29 Å². The molecule has 5 aliphatic carbocycles. The number of aliphatic imine (C=N–C) groups is 1. The van der Waals surface area contributed by atoms with Crippen molar-refractivity contribution in [2.75, 3.05) is 20.7 Å². The zero-order valence-corrected chi connectivity index (χ0v) is 29.7. The van der Waals surface area contributed by atoms with Gasteiger partial charge in [-0.3, -0.25) is 4.79 Å². The summed E-state index contributed by atoms with van der Waals surface area (Å²) < 4.78 is 25.8. The molecular formula is C39H55N3O6. The molecule has 0 aromatic carbocycles. The second kappa shape index (κ2) is 12.9. The number of fused-ring (bicyclic) bond motifs is 7. The van der Waals surface area contributed by atoms with Gasteiger partial charge in [-0.1, -0.05) is 51.7 Å². The molecule has 6 aliphatic rings. The molecule has 5 fully saturated rings. The minimum absolute atomic E-state index is 0.0613. The molecule has 48 heavy (non-hydrogen) atoms. The maximum Gasteiger partial charge on any atom is 0.306 e. The second-order valence-corrected chi connectivity index (χ2v) is 16.0. The number of carbonyl (C=O) groups is 1. The molecule has 2 heterocycles. The lowest BCUT2D eigenvalue weighted by Crippen LogP contribution is -2.64. The van der Waals surface area contributed by atoms with Crippen LogP contribution in [0, 0.1) is 41.4 Å². The standard InChI is InChI=1S/C39H55N3O6/c1-7-11-34(44)46-23-32(41-42(5)6)39-33(47-36(48-39)25-12-9-8-10-13-25)20-30-29-15-14-26-19-27(40-28-18-24(2)45-22-28)16-17-37(26,3)35(29)31(43)21-38(30,39)4/h16-19,22,25,29-31,33,35-36,43H,7-15,20-21,23H2,1-6H3/t29-,30-,31-,33+,35+,36?,37-,38-,39+/m0/s1. The molecule has 9 nitrogen and oxygen atoms in total. The number of allylic oxidation sites excluding steroid dienone is 4. The van der Waals surface area contributed by atoms with Gasteiger partial charge in [-0.25, -0.2) is 4.99 Å². The monoisotopic (exact) mass is 661 g/mol. The number of esters is 1. The van der Waals surface area contributed by atoms with Crippen molar-refractivity contribution < 1.29 is 28.5 Å². The summed E-state index contributed by atoms with van der Waals surface area (Å²) in [5.41, 5.74) is 2.15.